The molecule has 0 aliphatic heterocycles. The minimum absolute atomic E-state index is 0.0537. The fourth-order valence-corrected chi connectivity index (χ4v) is 4.28. The third kappa shape index (κ3) is 3.70. The first-order valence-electron chi connectivity index (χ1n) is 10.3. The minimum Gasteiger partial charge on any atom is -0.497 e. The maximum Gasteiger partial charge on any atom is 0.336 e. The van der Waals surface area contributed by atoms with E-state index in [1.165, 1.54) is 0 Å². The van der Waals surface area contributed by atoms with E-state index in [1.807, 2.05) is 48.5 Å². The number of rotatable bonds is 3. The van der Waals surface area contributed by atoms with Crippen LogP contribution in [-0.2, 0) is 6.42 Å². The minimum atomic E-state index is -0.886. The normalized spacial score (nSPS) is 17.7. The van der Waals surface area contributed by atoms with Gasteiger partial charge in [0.2, 0.25) is 0 Å². The first-order chi connectivity index (χ1) is 14.3. The van der Waals surface area contributed by atoms with Crippen molar-refractivity contribution in [3.05, 3.63) is 70.9 Å². The SMILES string of the molecule is COc1ccc(/C=C2\C[C@H](C(C)(C)C)Cc3c2nc2ccccc2c3C(=O)O)cc1. The van der Waals surface area contributed by atoms with Crippen LogP contribution in [0.5, 0.6) is 5.75 Å². The summed E-state index contributed by atoms with van der Waals surface area (Å²) in [7, 11) is 1.65. The van der Waals surface area contributed by atoms with Gasteiger partial charge in [-0.2, -0.15) is 0 Å². The van der Waals surface area contributed by atoms with Gasteiger partial charge >= 0.3 is 5.97 Å². The molecule has 3 aromatic rings. The second-order valence-corrected chi connectivity index (χ2v) is 9.05. The Morgan fingerprint density at radius 3 is 2.43 bits per heavy atom. The summed E-state index contributed by atoms with van der Waals surface area (Å²) in [4.78, 5) is 17.2. The molecular formula is C26H27NO3. The molecule has 30 heavy (non-hydrogen) atoms. The third-order valence-electron chi connectivity index (χ3n) is 6.11. The highest BCUT2D eigenvalue weighted by atomic mass is 16.5. The number of fused-ring (bicyclic) bond motifs is 2. The van der Waals surface area contributed by atoms with E-state index in [-0.39, 0.29) is 5.41 Å². The van der Waals surface area contributed by atoms with Gasteiger partial charge in [-0.25, -0.2) is 9.78 Å². The Morgan fingerprint density at radius 2 is 1.80 bits per heavy atom. The molecule has 1 aliphatic carbocycles. The van der Waals surface area contributed by atoms with E-state index in [2.05, 4.69) is 26.8 Å². The first-order valence-corrected chi connectivity index (χ1v) is 10.3. The summed E-state index contributed by atoms with van der Waals surface area (Å²) in [6, 6.07) is 15.4. The van der Waals surface area contributed by atoms with Crippen molar-refractivity contribution in [1.82, 2.24) is 4.98 Å². The van der Waals surface area contributed by atoms with Gasteiger partial charge in [0.1, 0.15) is 5.75 Å². The van der Waals surface area contributed by atoms with Gasteiger partial charge < -0.3 is 9.84 Å². The molecule has 154 valence electrons. The molecule has 0 saturated carbocycles. The molecule has 0 bridgehead atoms. The van der Waals surface area contributed by atoms with Crippen molar-refractivity contribution in [2.75, 3.05) is 7.11 Å². The smallest absolute Gasteiger partial charge is 0.336 e. The number of allylic oxidation sites excluding steroid dienone is 1. The lowest BCUT2D eigenvalue weighted by atomic mass is 9.69. The largest absolute Gasteiger partial charge is 0.497 e. The molecule has 4 rings (SSSR count). The fraction of sp³-hybridized carbons (Fsp3) is 0.308. The summed E-state index contributed by atoms with van der Waals surface area (Å²) in [5, 5.41) is 10.8. The zero-order valence-corrected chi connectivity index (χ0v) is 17.9. The number of aromatic carboxylic acids is 1. The maximum atomic E-state index is 12.3. The highest BCUT2D eigenvalue weighted by Gasteiger charge is 2.35. The van der Waals surface area contributed by atoms with Crippen molar-refractivity contribution in [2.24, 2.45) is 11.3 Å². The van der Waals surface area contributed by atoms with E-state index < -0.39 is 5.97 Å². The molecule has 0 spiro atoms. The van der Waals surface area contributed by atoms with Crippen molar-refractivity contribution in [3.63, 3.8) is 0 Å². The molecule has 4 nitrogen and oxygen atoms in total. The first kappa shape index (κ1) is 20.1. The van der Waals surface area contributed by atoms with E-state index >= 15 is 0 Å². The predicted octanol–water partition coefficient (Wildman–Crippen LogP) is 6.09. The summed E-state index contributed by atoms with van der Waals surface area (Å²) in [6.45, 7) is 6.67. The van der Waals surface area contributed by atoms with Crippen LogP contribution in [0.15, 0.2) is 48.5 Å². The second-order valence-electron chi connectivity index (χ2n) is 9.05. The Kier molecular flexibility index (Phi) is 5.10. The van der Waals surface area contributed by atoms with Crippen LogP contribution < -0.4 is 4.74 Å². The van der Waals surface area contributed by atoms with Crippen LogP contribution in [0.25, 0.3) is 22.6 Å². The number of ether oxygens (including phenoxy) is 1. The summed E-state index contributed by atoms with van der Waals surface area (Å²) < 4.78 is 5.27. The van der Waals surface area contributed by atoms with Crippen LogP contribution in [0.2, 0.25) is 0 Å². The average Bonchev–Trinajstić information content (AvgIpc) is 2.71. The molecule has 0 radical (unpaired) electrons. The van der Waals surface area contributed by atoms with Gasteiger partial charge in [0.25, 0.3) is 0 Å². The molecule has 1 aliphatic rings. The topological polar surface area (TPSA) is 59.4 Å². The zero-order chi connectivity index (χ0) is 21.5. The number of carboxylic acids is 1. The van der Waals surface area contributed by atoms with E-state index in [0.29, 0.717) is 16.9 Å². The number of carbonyl (C=O) groups is 1. The number of benzene rings is 2. The standard InChI is InChI=1S/C26H27NO3/c1-26(2,3)18-14-17(13-16-9-11-19(30-4)12-10-16)24-21(15-18)23(25(28)29)20-7-5-6-8-22(20)27-24/h5-13,18H,14-15H2,1-4H3,(H,28,29)/b17-13+/t18-/m0/s1. The summed E-state index contributed by atoms with van der Waals surface area (Å²) >= 11 is 0. The van der Waals surface area contributed by atoms with Crippen LogP contribution in [0.1, 0.15) is 54.4 Å². The number of hydrogen-bond acceptors (Lipinski definition) is 3. The molecule has 0 unspecified atom stereocenters. The van der Waals surface area contributed by atoms with Gasteiger partial charge in [-0.15, -0.1) is 0 Å². The van der Waals surface area contributed by atoms with Crippen LogP contribution in [-0.4, -0.2) is 23.2 Å². The third-order valence-corrected chi connectivity index (χ3v) is 6.11. The second kappa shape index (κ2) is 7.60. The van der Waals surface area contributed by atoms with Crippen molar-refractivity contribution in [2.45, 2.75) is 33.6 Å². The van der Waals surface area contributed by atoms with E-state index in [1.54, 1.807) is 7.11 Å². The van der Waals surface area contributed by atoms with Crippen LogP contribution >= 0.6 is 0 Å². The predicted molar refractivity (Wildman–Crippen MR) is 121 cm³/mol. The van der Waals surface area contributed by atoms with Crippen LogP contribution in [0.4, 0.5) is 0 Å². The van der Waals surface area contributed by atoms with Gasteiger partial charge in [-0.05, 0) is 65.1 Å². The summed E-state index contributed by atoms with van der Waals surface area (Å²) in [6.07, 6.45) is 3.73. The zero-order valence-electron chi connectivity index (χ0n) is 17.9. The highest BCUT2D eigenvalue weighted by Crippen LogP contribution is 2.44. The van der Waals surface area contributed by atoms with E-state index in [0.717, 1.165) is 46.5 Å². The fourth-order valence-electron chi connectivity index (χ4n) is 4.28. The van der Waals surface area contributed by atoms with E-state index in [9.17, 15) is 9.90 Å². The highest BCUT2D eigenvalue weighted by molar-refractivity contribution is 6.06. The number of hydrogen-bond donors (Lipinski definition) is 1. The molecule has 1 aromatic heterocycles. The van der Waals surface area contributed by atoms with Gasteiger partial charge in [0.15, 0.2) is 0 Å². The molecule has 1 heterocycles. The van der Waals surface area contributed by atoms with Gasteiger partial charge in [0, 0.05) is 5.39 Å². The number of nitrogens with zero attached hydrogens (tertiary/aromatic N) is 1. The lowest BCUT2D eigenvalue weighted by Gasteiger charge is -2.36. The molecule has 0 amide bonds. The number of methoxy groups -OCH3 is 1. The number of para-hydroxylation sites is 1. The number of pyridine rings is 1. The van der Waals surface area contributed by atoms with Crippen LogP contribution in [0.3, 0.4) is 0 Å². The molecular weight excluding hydrogens is 374 g/mol. The van der Waals surface area contributed by atoms with Crippen molar-refractivity contribution < 1.29 is 14.6 Å². The lowest BCUT2D eigenvalue weighted by Crippen LogP contribution is -2.28. The molecule has 2 aromatic carbocycles. The molecule has 1 N–H and O–H groups in total. The molecule has 1 atom stereocenters. The van der Waals surface area contributed by atoms with E-state index in [4.69, 9.17) is 9.72 Å². The molecule has 0 saturated heterocycles. The van der Waals surface area contributed by atoms with Gasteiger partial charge in [-0.3, -0.25) is 0 Å². The average molecular weight is 402 g/mol. The molecule has 0 fully saturated rings. The monoisotopic (exact) mass is 401 g/mol. The Balaban J connectivity index is 1.96. The quantitative estimate of drug-likeness (QED) is 0.577. The Morgan fingerprint density at radius 1 is 1.10 bits per heavy atom. The van der Waals surface area contributed by atoms with Gasteiger partial charge in [0.05, 0.1) is 23.9 Å². The van der Waals surface area contributed by atoms with Crippen molar-refractivity contribution in [1.29, 1.82) is 0 Å². The summed E-state index contributed by atoms with van der Waals surface area (Å²) in [5.41, 5.74) is 4.99. The molecule has 4 heteroatoms. The summed E-state index contributed by atoms with van der Waals surface area (Å²) in [5.74, 6) is 0.254. The van der Waals surface area contributed by atoms with Gasteiger partial charge in [-0.1, -0.05) is 51.1 Å². The number of carboxylic acid groups (broad SMARTS) is 1. The van der Waals surface area contributed by atoms with Crippen LogP contribution in [0, 0.1) is 11.3 Å². The Hall–Kier alpha value is -3.14. The Bertz CT molecular complexity index is 1140. The maximum absolute atomic E-state index is 12.3. The number of aromatic nitrogens is 1. The van der Waals surface area contributed by atoms with Crippen molar-refractivity contribution >= 4 is 28.5 Å². The Labute approximate surface area is 177 Å². The lowest BCUT2D eigenvalue weighted by molar-refractivity contribution is 0.0696. The van der Waals surface area contributed by atoms with Crippen molar-refractivity contribution in [3.8, 4) is 5.75 Å².